The van der Waals surface area contributed by atoms with Crippen LogP contribution in [-0.2, 0) is 6.54 Å². The zero-order valence-corrected chi connectivity index (χ0v) is 11.1. The molecule has 0 fully saturated rings. The number of halogens is 2. The van der Waals surface area contributed by atoms with Crippen molar-refractivity contribution in [2.45, 2.75) is 6.54 Å². The van der Waals surface area contributed by atoms with Gasteiger partial charge < -0.3 is 10.1 Å². The average Bonchev–Trinajstić information content (AvgIpc) is 2.46. The van der Waals surface area contributed by atoms with Crippen molar-refractivity contribution in [2.75, 3.05) is 7.05 Å². The van der Waals surface area contributed by atoms with Gasteiger partial charge in [-0.15, -0.1) is 0 Å². The molecular formula is C14H12F2N2O3. The summed E-state index contributed by atoms with van der Waals surface area (Å²) < 4.78 is 32.0. The van der Waals surface area contributed by atoms with Gasteiger partial charge in [0.15, 0.2) is 5.82 Å². The lowest BCUT2D eigenvalue weighted by Crippen LogP contribution is -2.04. The molecule has 0 saturated carbocycles. The van der Waals surface area contributed by atoms with E-state index in [2.05, 4.69) is 5.32 Å². The summed E-state index contributed by atoms with van der Waals surface area (Å²) in [7, 11) is 1.79. The molecular weight excluding hydrogens is 282 g/mol. The maximum Gasteiger partial charge on any atom is 0.314 e. The van der Waals surface area contributed by atoms with Crippen molar-refractivity contribution in [1.29, 1.82) is 0 Å². The maximum absolute atomic E-state index is 13.7. The van der Waals surface area contributed by atoms with E-state index in [1.165, 1.54) is 12.1 Å². The second-order valence-corrected chi connectivity index (χ2v) is 4.24. The average molecular weight is 294 g/mol. The summed E-state index contributed by atoms with van der Waals surface area (Å²) in [6, 6.07) is 8.05. The molecule has 21 heavy (non-hydrogen) atoms. The standard InChI is InChI=1S/C14H12F2N2O3/c1-17-8-9-2-4-10(5-3-9)21-14-12(18(19)20)7-6-11(15)13(14)16/h2-7,17H,8H2,1H3. The highest BCUT2D eigenvalue weighted by Gasteiger charge is 2.23. The molecule has 0 bridgehead atoms. The number of rotatable bonds is 5. The Labute approximate surface area is 119 Å². The van der Waals surface area contributed by atoms with E-state index in [-0.39, 0.29) is 5.75 Å². The number of nitro benzene ring substituents is 1. The van der Waals surface area contributed by atoms with E-state index in [0.29, 0.717) is 12.6 Å². The van der Waals surface area contributed by atoms with E-state index in [1.807, 2.05) is 0 Å². The number of nitrogens with zero attached hydrogens (tertiary/aromatic N) is 1. The first-order valence-electron chi connectivity index (χ1n) is 6.06. The molecule has 0 unspecified atom stereocenters. The number of hydrogen-bond acceptors (Lipinski definition) is 4. The lowest BCUT2D eigenvalue weighted by molar-refractivity contribution is -0.385. The molecule has 0 atom stereocenters. The van der Waals surface area contributed by atoms with Gasteiger partial charge in [-0.1, -0.05) is 12.1 Å². The van der Waals surface area contributed by atoms with Gasteiger partial charge in [-0.2, -0.15) is 4.39 Å². The van der Waals surface area contributed by atoms with Gasteiger partial charge in [-0.05, 0) is 30.8 Å². The van der Waals surface area contributed by atoms with Gasteiger partial charge in [-0.3, -0.25) is 10.1 Å². The van der Waals surface area contributed by atoms with E-state index >= 15 is 0 Å². The second kappa shape index (κ2) is 6.27. The highest BCUT2D eigenvalue weighted by molar-refractivity contribution is 5.49. The first-order chi connectivity index (χ1) is 10.0. The van der Waals surface area contributed by atoms with Crippen LogP contribution in [0.4, 0.5) is 14.5 Å². The van der Waals surface area contributed by atoms with E-state index in [4.69, 9.17) is 4.74 Å². The molecule has 0 aliphatic rings. The van der Waals surface area contributed by atoms with E-state index in [0.717, 1.165) is 11.6 Å². The molecule has 0 amide bonds. The van der Waals surface area contributed by atoms with Crippen LogP contribution in [0.1, 0.15) is 5.56 Å². The first-order valence-corrected chi connectivity index (χ1v) is 6.06. The van der Waals surface area contributed by atoms with Gasteiger partial charge in [0, 0.05) is 12.6 Å². The van der Waals surface area contributed by atoms with E-state index in [9.17, 15) is 18.9 Å². The van der Waals surface area contributed by atoms with E-state index < -0.39 is 28.0 Å². The Morgan fingerprint density at radius 2 is 1.86 bits per heavy atom. The first kappa shape index (κ1) is 14.9. The summed E-state index contributed by atoms with van der Waals surface area (Å²) in [5.74, 6) is -3.14. The van der Waals surface area contributed by atoms with Crippen LogP contribution in [0.5, 0.6) is 11.5 Å². The molecule has 2 rings (SSSR count). The summed E-state index contributed by atoms with van der Waals surface area (Å²) >= 11 is 0. The predicted molar refractivity (Wildman–Crippen MR) is 72.3 cm³/mol. The third kappa shape index (κ3) is 3.32. The van der Waals surface area contributed by atoms with Crippen molar-refractivity contribution >= 4 is 5.69 Å². The van der Waals surface area contributed by atoms with Crippen LogP contribution >= 0.6 is 0 Å². The molecule has 0 saturated heterocycles. The fourth-order valence-corrected chi connectivity index (χ4v) is 1.76. The van der Waals surface area contributed by atoms with Crippen LogP contribution in [0.15, 0.2) is 36.4 Å². The zero-order valence-electron chi connectivity index (χ0n) is 11.1. The van der Waals surface area contributed by atoms with Gasteiger partial charge in [0.2, 0.25) is 11.6 Å². The van der Waals surface area contributed by atoms with Crippen molar-refractivity contribution in [3.63, 3.8) is 0 Å². The smallest absolute Gasteiger partial charge is 0.314 e. The Morgan fingerprint density at radius 3 is 2.43 bits per heavy atom. The fourth-order valence-electron chi connectivity index (χ4n) is 1.76. The lowest BCUT2D eigenvalue weighted by atomic mass is 10.2. The molecule has 7 heteroatoms. The monoisotopic (exact) mass is 294 g/mol. The lowest BCUT2D eigenvalue weighted by Gasteiger charge is -2.08. The SMILES string of the molecule is CNCc1ccc(Oc2c([N+](=O)[O-])ccc(F)c2F)cc1. The third-order valence-corrected chi connectivity index (χ3v) is 2.75. The molecule has 5 nitrogen and oxygen atoms in total. The van der Waals surface area contributed by atoms with Crippen LogP contribution in [0.3, 0.4) is 0 Å². The van der Waals surface area contributed by atoms with Crippen molar-refractivity contribution < 1.29 is 18.4 Å². The van der Waals surface area contributed by atoms with Crippen LogP contribution in [0.25, 0.3) is 0 Å². The van der Waals surface area contributed by atoms with Gasteiger partial charge in [0.1, 0.15) is 5.75 Å². The summed E-state index contributed by atoms with van der Waals surface area (Å²) in [6.45, 7) is 0.634. The normalized spacial score (nSPS) is 10.4. The Hall–Kier alpha value is -2.54. The topological polar surface area (TPSA) is 64.4 Å². The van der Waals surface area contributed by atoms with Gasteiger partial charge in [0.25, 0.3) is 0 Å². The van der Waals surface area contributed by atoms with Gasteiger partial charge >= 0.3 is 5.69 Å². The van der Waals surface area contributed by atoms with Crippen LogP contribution in [-0.4, -0.2) is 12.0 Å². The minimum Gasteiger partial charge on any atom is -0.447 e. The summed E-state index contributed by atoms with van der Waals surface area (Å²) in [5, 5.41) is 13.8. The molecule has 110 valence electrons. The molecule has 0 radical (unpaired) electrons. The minimum absolute atomic E-state index is 0.183. The van der Waals surface area contributed by atoms with Crippen LogP contribution < -0.4 is 10.1 Å². The van der Waals surface area contributed by atoms with E-state index in [1.54, 1.807) is 19.2 Å². The molecule has 0 spiro atoms. The molecule has 2 aromatic rings. The molecule has 2 aromatic carbocycles. The van der Waals surface area contributed by atoms with Crippen molar-refractivity contribution in [3.8, 4) is 11.5 Å². The van der Waals surface area contributed by atoms with Crippen molar-refractivity contribution in [2.24, 2.45) is 0 Å². The van der Waals surface area contributed by atoms with Crippen LogP contribution in [0.2, 0.25) is 0 Å². The molecule has 0 aliphatic heterocycles. The Balaban J connectivity index is 2.34. The highest BCUT2D eigenvalue weighted by atomic mass is 19.2. The Bertz CT molecular complexity index is 660. The Kier molecular flexibility index (Phi) is 4.44. The van der Waals surface area contributed by atoms with Gasteiger partial charge in [-0.25, -0.2) is 4.39 Å². The van der Waals surface area contributed by atoms with Crippen molar-refractivity contribution in [3.05, 3.63) is 63.7 Å². The summed E-state index contributed by atoms with van der Waals surface area (Å²) in [4.78, 5) is 10.0. The summed E-state index contributed by atoms with van der Waals surface area (Å²) in [6.07, 6.45) is 0. The van der Waals surface area contributed by atoms with Crippen molar-refractivity contribution in [1.82, 2.24) is 5.32 Å². The largest absolute Gasteiger partial charge is 0.447 e. The molecule has 0 aliphatic carbocycles. The molecule has 0 heterocycles. The highest BCUT2D eigenvalue weighted by Crippen LogP contribution is 2.35. The maximum atomic E-state index is 13.7. The minimum atomic E-state index is -1.39. The summed E-state index contributed by atoms with van der Waals surface area (Å²) in [5.41, 5.74) is 0.326. The van der Waals surface area contributed by atoms with Gasteiger partial charge in [0.05, 0.1) is 4.92 Å². The fraction of sp³-hybridized carbons (Fsp3) is 0.143. The quantitative estimate of drug-likeness (QED) is 0.678. The molecule has 1 N–H and O–H groups in total. The number of ether oxygens (including phenoxy) is 1. The third-order valence-electron chi connectivity index (χ3n) is 2.75. The number of hydrogen-bond donors (Lipinski definition) is 1. The predicted octanol–water partition coefficient (Wildman–Crippen LogP) is 3.38. The number of nitro groups is 1. The van der Waals surface area contributed by atoms with Crippen LogP contribution in [0, 0.1) is 21.7 Å². The number of benzene rings is 2. The number of nitrogens with one attached hydrogen (secondary N) is 1. The second-order valence-electron chi connectivity index (χ2n) is 4.24. The molecule has 0 aromatic heterocycles. The zero-order chi connectivity index (χ0) is 15.4. The Morgan fingerprint density at radius 1 is 1.19 bits per heavy atom.